The summed E-state index contributed by atoms with van der Waals surface area (Å²) in [7, 11) is 0. The lowest BCUT2D eigenvalue weighted by molar-refractivity contribution is -0.138. The number of urea groups is 1. The number of aliphatic carboxylic acids is 1. The van der Waals surface area contributed by atoms with Crippen LogP contribution in [-0.4, -0.2) is 53.1 Å². The van der Waals surface area contributed by atoms with E-state index >= 15 is 0 Å². The highest BCUT2D eigenvalue weighted by atomic mass is 16.4. The van der Waals surface area contributed by atoms with Crippen molar-refractivity contribution in [2.45, 2.75) is 32.1 Å². The van der Waals surface area contributed by atoms with Crippen molar-refractivity contribution in [3.63, 3.8) is 0 Å². The molecule has 1 aliphatic carbocycles. The third kappa shape index (κ3) is 4.16. The van der Waals surface area contributed by atoms with Crippen LogP contribution in [0, 0.1) is 24.2 Å². The summed E-state index contributed by atoms with van der Waals surface area (Å²) in [6, 6.07) is -0.0232. The molecule has 1 N–H and O–H groups in total. The Hall–Kier alpha value is -1.70. The van der Waals surface area contributed by atoms with Crippen LogP contribution < -0.4 is 0 Å². The third-order valence-electron chi connectivity index (χ3n) is 3.98. The fourth-order valence-electron chi connectivity index (χ4n) is 2.78. The second-order valence-corrected chi connectivity index (χ2v) is 5.86. The Morgan fingerprint density at radius 3 is 2.65 bits per heavy atom. The third-order valence-corrected chi connectivity index (χ3v) is 3.98. The van der Waals surface area contributed by atoms with E-state index in [2.05, 4.69) is 5.92 Å². The molecule has 0 aromatic rings. The molecule has 0 aromatic carbocycles. The lowest BCUT2D eigenvalue weighted by Gasteiger charge is -2.35. The Morgan fingerprint density at radius 1 is 1.30 bits per heavy atom. The number of likely N-dealkylation sites (tertiary alicyclic amines) is 1. The van der Waals surface area contributed by atoms with Gasteiger partial charge in [-0.3, -0.25) is 4.79 Å². The molecule has 20 heavy (non-hydrogen) atoms. The molecule has 2 rings (SSSR count). The van der Waals surface area contributed by atoms with E-state index < -0.39 is 5.97 Å². The molecule has 1 atom stereocenters. The highest BCUT2D eigenvalue weighted by Gasteiger charge is 2.31. The summed E-state index contributed by atoms with van der Waals surface area (Å²) < 4.78 is 0. The van der Waals surface area contributed by atoms with Gasteiger partial charge in [-0.15, -0.1) is 6.42 Å². The number of amides is 2. The normalized spacial score (nSPS) is 22.1. The van der Waals surface area contributed by atoms with E-state index in [1.165, 1.54) is 12.8 Å². The van der Waals surface area contributed by atoms with E-state index in [4.69, 9.17) is 11.5 Å². The average molecular weight is 278 g/mol. The summed E-state index contributed by atoms with van der Waals surface area (Å²) in [6.07, 6.45) is 9.59. The van der Waals surface area contributed by atoms with E-state index in [-0.39, 0.29) is 18.4 Å². The van der Waals surface area contributed by atoms with E-state index in [9.17, 15) is 9.59 Å². The molecule has 0 spiro atoms. The summed E-state index contributed by atoms with van der Waals surface area (Å²) in [6.45, 7) is 2.33. The lowest BCUT2D eigenvalue weighted by Crippen LogP contribution is -2.48. The molecule has 0 bridgehead atoms. The van der Waals surface area contributed by atoms with Gasteiger partial charge < -0.3 is 14.9 Å². The largest absolute Gasteiger partial charge is 0.481 e. The molecular formula is C15H22N2O3. The molecule has 1 unspecified atom stereocenters. The van der Waals surface area contributed by atoms with E-state index in [1.54, 1.807) is 9.80 Å². The van der Waals surface area contributed by atoms with Gasteiger partial charge in [0.2, 0.25) is 0 Å². The van der Waals surface area contributed by atoms with Crippen molar-refractivity contribution >= 4 is 12.0 Å². The number of piperidine rings is 1. The number of rotatable bonds is 5. The number of hydrogen-bond acceptors (Lipinski definition) is 2. The minimum atomic E-state index is -0.789. The Morgan fingerprint density at radius 2 is 2.05 bits per heavy atom. The number of carboxylic acids is 1. The maximum atomic E-state index is 12.5. The first kappa shape index (κ1) is 14.7. The van der Waals surface area contributed by atoms with Crippen LogP contribution >= 0.6 is 0 Å². The molecule has 0 aromatic heterocycles. The summed E-state index contributed by atoms with van der Waals surface area (Å²) >= 11 is 0. The Labute approximate surface area is 119 Å². The topological polar surface area (TPSA) is 60.9 Å². The molecule has 5 nitrogen and oxygen atoms in total. The molecule has 2 fully saturated rings. The minimum Gasteiger partial charge on any atom is -0.481 e. The summed E-state index contributed by atoms with van der Waals surface area (Å²) in [5, 5.41) is 8.87. The van der Waals surface area contributed by atoms with Crippen LogP contribution in [0.4, 0.5) is 4.79 Å². The number of carbonyl (C=O) groups excluding carboxylic acids is 1. The maximum Gasteiger partial charge on any atom is 0.320 e. The van der Waals surface area contributed by atoms with Gasteiger partial charge in [0.25, 0.3) is 0 Å². The van der Waals surface area contributed by atoms with Crippen molar-refractivity contribution in [3.05, 3.63) is 0 Å². The van der Waals surface area contributed by atoms with Gasteiger partial charge in [-0.05, 0) is 37.5 Å². The second-order valence-electron chi connectivity index (χ2n) is 5.86. The van der Waals surface area contributed by atoms with Gasteiger partial charge in [0, 0.05) is 26.1 Å². The first-order valence-electron chi connectivity index (χ1n) is 7.29. The zero-order valence-corrected chi connectivity index (χ0v) is 11.8. The van der Waals surface area contributed by atoms with E-state index in [0.29, 0.717) is 25.6 Å². The minimum absolute atomic E-state index is 0.0232. The second kappa shape index (κ2) is 6.65. The molecule has 1 aliphatic heterocycles. The van der Waals surface area contributed by atoms with Crippen LogP contribution in [0.2, 0.25) is 0 Å². The number of nitrogens with zero attached hydrogens (tertiary/aromatic N) is 2. The number of carboxylic acid groups (broad SMARTS) is 1. The van der Waals surface area contributed by atoms with Crippen LogP contribution in [-0.2, 0) is 4.79 Å². The number of carbonyl (C=O) groups is 2. The Kier molecular flexibility index (Phi) is 4.89. The predicted octanol–water partition coefficient (Wildman–Crippen LogP) is 1.64. The molecule has 2 amide bonds. The zero-order valence-electron chi connectivity index (χ0n) is 11.8. The molecular weight excluding hydrogens is 256 g/mol. The van der Waals surface area contributed by atoms with E-state index in [0.717, 1.165) is 19.4 Å². The van der Waals surface area contributed by atoms with Gasteiger partial charge >= 0.3 is 12.0 Å². The first-order chi connectivity index (χ1) is 9.60. The molecule has 0 radical (unpaired) electrons. The summed E-state index contributed by atoms with van der Waals surface area (Å²) in [5.41, 5.74) is 0. The van der Waals surface area contributed by atoms with Gasteiger partial charge in [0.15, 0.2) is 0 Å². The van der Waals surface area contributed by atoms with Gasteiger partial charge in [-0.2, -0.15) is 0 Å². The fourth-order valence-corrected chi connectivity index (χ4v) is 2.78. The summed E-state index contributed by atoms with van der Waals surface area (Å²) in [4.78, 5) is 26.8. The molecule has 2 aliphatic rings. The monoisotopic (exact) mass is 278 g/mol. The van der Waals surface area contributed by atoms with Crippen molar-refractivity contribution in [3.8, 4) is 12.3 Å². The highest BCUT2D eigenvalue weighted by Crippen LogP contribution is 2.30. The van der Waals surface area contributed by atoms with Crippen LogP contribution in [0.5, 0.6) is 0 Å². The van der Waals surface area contributed by atoms with Gasteiger partial charge in [0.05, 0.1) is 6.54 Å². The SMILES string of the molecule is C#CCN(CC1CC1)C(=O)N1CCCC(CC(=O)O)C1. The molecule has 1 saturated heterocycles. The highest BCUT2D eigenvalue weighted by molar-refractivity contribution is 5.75. The maximum absolute atomic E-state index is 12.5. The zero-order chi connectivity index (χ0) is 14.5. The predicted molar refractivity (Wildman–Crippen MR) is 75.1 cm³/mol. The lowest BCUT2D eigenvalue weighted by atomic mass is 9.95. The van der Waals surface area contributed by atoms with Crippen molar-refractivity contribution in [2.75, 3.05) is 26.2 Å². The fraction of sp³-hybridized carbons (Fsp3) is 0.733. The first-order valence-corrected chi connectivity index (χ1v) is 7.29. The molecule has 1 heterocycles. The average Bonchev–Trinajstić information content (AvgIpc) is 3.21. The molecule has 110 valence electrons. The van der Waals surface area contributed by atoms with Crippen molar-refractivity contribution in [1.29, 1.82) is 0 Å². The standard InChI is InChI=1S/C15H22N2O3/c1-2-7-16(10-12-5-6-12)15(20)17-8-3-4-13(11-17)9-14(18)19/h1,12-13H,3-11H2,(H,18,19). The number of terminal acetylenes is 1. The van der Waals surface area contributed by atoms with Gasteiger partial charge in [-0.25, -0.2) is 4.79 Å². The smallest absolute Gasteiger partial charge is 0.320 e. The van der Waals surface area contributed by atoms with Gasteiger partial charge in [-0.1, -0.05) is 5.92 Å². The van der Waals surface area contributed by atoms with Crippen molar-refractivity contribution in [2.24, 2.45) is 11.8 Å². The quantitative estimate of drug-likeness (QED) is 0.778. The number of hydrogen-bond donors (Lipinski definition) is 1. The Bertz CT molecular complexity index is 412. The molecule has 5 heteroatoms. The summed E-state index contributed by atoms with van der Waals surface area (Å²) in [5.74, 6) is 2.43. The van der Waals surface area contributed by atoms with Crippen LogP contribution in [0.3, 0.4) is 0 Å². The van der Waals surface area contributed by atoms with Crippen molar-refractivity contribution in [1.82, 2.24) is 9.80 Å². The van der Waals surface area contributed by atoms with Crippen LogP contribution in [0.25, 0.3) is 0 Å². The van der Waals surface area contributed by atoms with Crippen molar-refractivity contribution < 1.29 is 14.7 Å². The molecule has 1 saturated carbocycles. The van der Waals surface area contributed by atoms with E-state index in [1.807, 2.05) is 0 Å². The van der Waals surface area contributed by atoms with Crippen LogP contribution in [0.1, 0.15) is 32.1 Å². The van der Waals surface area contributed by atoms with Crippen LogP contribution in [0.15, 0.2) is 0 Å². The Balaban J connectivity index is 1.91. The van der Waals surface area contributed by atoms with Gasteiger partial charge in [0.1, 0.15) is 0 Å².